The van der Waals surface area contributed by atoms with E-state index in [4.69, 9.17) is 4.98 Å². The van der Waals surface area contributed by atoms with Crippen LogP contribution in [-0.4, -0.2) is 51.1 Å². The van der Waals surface area contributed by atoms with Crippen LogP contribution in [0.15, 0.2) is 53.9 Å². The highest BCUT2D eigenvalue weighted by molar-refractivity contribution is 7.89. The number of aliphatic hydroxyl groups excluding tert-OH is 1. The summed E-state index contributed by atoms with van der Waals surface area (Å²) in [7, 11) is -3.56. The van der Waals surface area contributed by atoms with Crippen LogP contribution in [0, 0.1) is 0 Å². The predicted octanol–water partition coefficient (Wildman–Crippen LogP) is 1.93. The van der Waals surface area contributed by atoms with E-state index < -0.39 is 10.0 Å². The number of rotatable bonds is 5. The first-order valence-electron chi connectivity index (χ1n) is 9.09. The molecule has 8 nitrogen and oxygen atoms in total. The van der Waals surface area contributed by atoms with Gasteiger partial charge in [0.15, 0.2) is 0 Å². The Hall–Kier alpha value is -2.62. The van der Waals surface area contributed by atoms with Gasteiger partial charge < -0.3 is 5.11 Å². The quantitative estimate of drug-likeness (QED) is 0.678. The molecule has 28 heavy (non-hydrogen) atoms. The molecule has 0 bridgehead atoms. The van der Waals surface area contributed by atoms with E-state index in [1.807, 2.05) is 24.3 Å². The normalized spacial score (nSPS) is 18.2. The first-order valence-corrected chi connectivity index (χ1v) is 10.5. The third-order valence-corrected chi connectivity index (χ3v) is 6.83. The maximum atomic E-state index is 12.8. The number of sulfonamides is 1. The Morgan fingerprint density at radius 1 is 1.18 bits per heavy atom. The topological polar surface area (TPSA) is 112 Å². The first-order chi connectivity index (χ1) is 13.6. The van der Waals surface area contributed by atoms with Crippen LogP contribution in [0.25, 0.3) is 11.3 Å². The Kier molecular flexibility index (Phi) is 5.21. The summed E-state index contributed by atoms with van der Waals surface area (Å²) in [4.78, 5) is 9.24. The number of aliphatic hydroxyl groups is 1. The highest BCUT2D eigenvalue weighted by atomic mass is 32.2. The van der Waals surface area contributed by atoms with Crippen LogP contribution in [0.3, 0.4) is 0 Å². The predicted molar refractivity (Wildman–Crippen MR) is 103 cm³/mol. The molecule has 4 rings (SSSR count). The summed E-state index contributed by atoms with van der Waals surface area (Å²) in [6.07, 6.45) is 7.76. The van der Waals surface area contributed by atoms with Gasteiger partial charge in [0, 0.05) is 37.0 Å². The lowest BCUT2D eigenvalue weighted by atomic mass is 9.96. The van der Waals surface area contributed by atoms with Crippen LogP contribution >= 0.6 is 0 Å². The van der Waals surface area contributed by atoms with E-state index in [0.29, 0.717) is 13.1 Å². The van der Waals surface area contributed by atoms with Gasteiger partial charge in [0.2, 0.25) is 10.0 Å². The summed E-state index contributed by atoms with van der Waals surface area (Å²) in [6.45, 7) is 0.851. The summed E-state index contributed by atoms with van der Waals surface area (Å²) in [5, 5.41) is 15.5. The van der Waals surface area contributed by atoms with Crippen molar-refractivity contribution in [2.24, 2.45) is 0 Å². The number of aromatic amines is 1. The monoisotopic (exact) mass is 399 g/mol. The minimum atomic E-state index is -3.56. The Morgan fingerprint density at radius 3 is 2.71 bits per heavy atom. The molecule has 3 aromatic rings. The summed E-state index contributed by atoms with van der Waals surface area (Å²) < 4.78 is 27.1. The SMILES string of the molecule is O=S(=O)(c1cn[nH]c1)N1CCCC(c2cncc(-c3ccc(CO)cc3)n2)C1. The molecule has 0 aliphatic carbocycles. The molecule has 1 saturated heterocycles. The molecule has 0 amide bonds. The van der Waals surface area contributed by atoms with Crippen molar-refractivity contribution in [1.82, 2.24) is 24.5 Å². The zero-order valence-corrected chi connectivity index (χ0v) is 16.0. The fourth-order valence-electron chi connectivity index (χ4n) is 3.43. The molecule has 2 aromatic heterocycles. The molecule has 0 spiro atoms. The molecule has 0 radical (unpaired) electrons. The highest BCUT2D eigenvalue weighted by Crippen LogP contribution is 2.30. The van der Waals surface area contributed by atoms with Crippen molar-refractivity contribution in [3.63, 3.8) is 0 Å². The maximum absolute atomic E-state index is 12.8. The van der Waals surface area contributed by atoms with Gasteiger partial charge in [0.25, 0.3) is 0 Å². The number of hydrogen-bond donors (Lipinski definition) is 2. The Bertz CT molecular complexity index is 1040. The van der Waals surface area contributed by atoms with Crippen LogP contribution < -0.4 is 0 Å². The van der Waals surface area contributed by atoms with E-state index in [9.17, 15) is 13.5 Å². The van der Waals surface area contributed by atoms with Crippen molar-refractivity contribution in [2.45, 2.75) is 30.3 Å². The van der Waals surface area contributed by atoms with Gasteiger partial charge in [-0.25, -0.2) is 13.4 Å². The fraction of sp³-hybridized carbons (Fsp3) is 0.316. The molecular formula is C19H21N5O3S. The Balaban J connectivity index is 1.57. The largest absolute Gasteiger partial charge is 0.392 e. The molecule has 3 heterocycles. The van der Waals surface area contributed by atoms with Crippen molar-refractivity contribution in [3.05, 3.63) is 60.3 Å². The first kappa shape index (κ1) is 18.7. The van der Waals surface area contributed by atoms with Crippen molar-refractivity contribution in [1.29, 1.82) is 0 Å². The van der Waals surface area contributed by atoms with Gasteiger partial charge in [-0.15, -0.1) is 0 Å². The van der Waals surface area contributed by atoms with Crippen molar-refractivity contribution in [3.8, 4) is 11.3 Å². The average Bonchev–Trinajstić information content (AvgIpc) is 3.30. The van der Waals surface area contributed by atoms with Gasteiger partial charge in [0.1, 0.15) is 4.90 Å². The molecule has 1 aliphatic heterocycles. The molecule has 1 unspecified atom stereocenters. The zero-order chi connectivity index (χ0) is 19.6. The van der Waals surface area contributed by atoms with E-state index >= 15 is 0 Å². The number of H-pyrrole nitrogens is 1. The van der Waals surface area contributed by atoms with Crippen molar-refractivity contribution in [2.75, 3.05) is 13.1 Å². The van der Waals surface area contributed by atoms with E-state index in [-0.39, 0.29) is 17.4 Å². The number of nitrogens with zero attached hydrogens (tertiary/aromatic N) is 4. The Morgan fingerprint density at radius 2 is 2.00 bits per heavy atom. The van der Waals surface area contributed by atoms with Crippen LogP contribution in [0.5, 0.6) is 0 Å². The zero-order valence-electron chi connectivity index (χ0n) is 15.2. The van der Waals surface area contributed by atoms with Crippen molar-refractivity contribution >= 4 is 10.0 Å². The number of aromatic nitrogens is 4. The summed E-state index contributed by atoms with van der Waals surface area (Å²) in [5.41, 5.74) is 3.26. The lowest BCUT2D eigenvalue weighted by molar-refractivity contribution is 0.282. The number of nitrogens with one attached hydrogen (secondary N) is 1. The molecule has 1 atom stereocenters. The molecule has 1 aromatic carbocycles. The second-order valence-corrected chi connectivity index (χ2v) is 8.76. The summed E-state index contributed by atoms with van der Waals surface area (Å²) in [5.74, 6) is -0.0143. The maximum Gasteiger partial charge on any atom is 0.246 e. The van der Waals surface area contributed by atoms with Crippen LogP contribution in [-0.2, 0) is 16.6 Å². The molecule has 2 N–H and O–H groups in total. The molecule has 1 fully saturated rings. The number of benzene rings is 1. The lowest BCUT2D eigenvalue weighted by Gasteiger charge is -2.31. The number of hydrogen-bond acceptors (Lipinski definition) is 6. The van der Waals surface area contributed by atoms with Gasteiger partial charge in [0.05, 0.1) is 30.4 Å². The molecule has 0 saturated carbocycles. The van der Waals surface area contributed by atoms with E-state index in [1.54, 1.807) is 12.4 Å². The highest BCUT2D eigenvalue weighted by Gasteiger charge is 2.32. The smallest absolute Gasteiger partial charge is 0.246 e. The number of piperidine rings is 1. The van der Waals surface area contributed by atoms with E-state index in [2.05, 4.69) is 15.2 Å². The summed E-state index contributed by atoms with van der Waals surface area (Å²) in [6, 6.07) is 7.50. The molecule has 9 heteroatoms. The van der Waals surface area contributed by atoms with Gasteiger partial charge in [-0.2, -0.15) is 9.40 Å². The van der Waals surface area contributed by atoms with E-state index in [1.165, 1.54) is 16.7 Å². The molecule has 146 valence electrons. The van der Waals surface area contributed by atoms with Crippen LogP contribution in [0.4, 0.5) is 0 Å². The summed E-state index contributed by atoms with van der Waals surface area (Å²) >= 11 is 0. The second kappa shape index (κ2) is 7.78. The van der Waals surface area contributed by atoms with Gasteiger partial charge in [-0.05, 0) is 18.4 Å². The van der Waals surface area contributed by atoms with Crippen LogP contribution in [0.2, 0.25) is 0 Å². The lowest BCUT2D eigenvalue weighted by Crippen LogP contribution is -2.39. The van der Waals surface area contributed by atoms with Gasteiger partial charge in [-0.3, -0.25) is 10.1 Å². The van der Waals surface area contributed by atoms with Gasteiger partial charge in [-0.1, -0.05) is 24.3 Å². The fourth-order valence-corrected chi connectivity index (χ4v) is 4.86. The average molecular weight is 399 g/mol. The molecular weight excluding hydrogens is 378 g/mol. The standard InChI is InChI=1S/C19H21N5O3S/c25-13-14-3-5-15(6-4-14)18-10-20-11-19(23-18)16-2-1-7-24(12-16)28(26,27)17-8-21-22-9-17/h3-6,8-11,16,25H,1-2,7,12-13H2,(H,21,22). The third-order valence-electron chi connectivity index (χ3n) is 5.00. The van der Waals surface area contributed by atoms with Crippen LogP contribution in [0.1, 0.15) is 30.0 Å². The Labute approximate surface area is 163 Å². The minimum absolute atomic E-state index is 0.00492. The van der Waals surface area contributed by atoms with E-state index in [0.717, 1.165) is 35.4 Å². The van der Waals surface area contributed by atoms with Gasteiger partial charge >= 0.3 is 0 Å². The molecule has 1 aliphatic rings. The minimum Gasteiger partial charge on any atom is -0.392 e. The van der Waals surface area contributed by atoms with Crippen molar-refractivity contribution < 1.29 is 13.5 Å². The second-order valence-electron chi connectivity index (χ2n) is 6.82. The third kappa shape index (κ3) is 3.68.